The van der Waals surface area contributed by atoms with E-state index in [-0.39, 0.29) is 24.2 Å². The van der Waals surface area contributed by atoms with E-state index >= 15 is 0 Å². The van der Waals surface area contributed by atoms with Gasteiger partial charge in [0.1, 0.15) is 0 Å². The van der Waals surface area contributed by atoms with Gasteiger partial charge in [-0.25, -0.2) is 0 Å². The van der Waals surface area contributed by atoms with Gasteiger partial charge in [-0.2, -0.15) is 0 Å². The minimum Gasteiger partial charge on any atom is -0.339 e. The van der Waals surface area contributed by atoms with Crippen molar-refractivity contribution in [2.45, 2.75) is 25.8 Å². The Hall–Kier alpha value is -1.30. The van der Waals surface area contributed by atoms with Gasteiger partial charge in [-0.1, -0.05) is 11.6 Å². The van der Waals surface area contributed by atoms with E-state index in [1.165, 1.54) is 0 Å². The molecule has 0 aliphatic carbocycles. The fourth-order valence-electron chi connectivity index (χ4n) is 2.51. The number of benzene rings is 1. The summed E-state index contributed by atoms with van der Waals surface area (Å²) in [7, 11) is 0. The second kappa shape index (κ2) is 7.99. The lowest BCUT2D eigenvalue weighted by Gasteiger charge is -2.28. The van der Waals surface area contributed by atoms with Crippen LogP contribution in [0, 0.1) is 0 Å². The number of nitrogens with two attached hydrogens (primary N) is 1. The molecule has 23 heavy (non-hydrogen) atoms. The molecule has 2 N–H and O–H groups in total. The molecule has 1 heterocycles. The van der Waals surface area contributed by atoms with Crippen LogP contribution in [0.3, 0.4) is 0 Å². The van der Waals surface area contributed by atoms with Gasteiger partial charge >= 0.3 is 0 Å². The number of carbonyl (C=O) groups excluding carboxylic acids is 2. The van der Waals surface area contributed by atoms with Gasteiger partial charge in [-0.05, 0) is 44.5 Å². The molecule has 0 unspecified atom stereocenters. The van der Waals surface area contributed by atoms with Gasteiger partial charge < -0.3 is 15.5 Å². The highest BCUT2D eigenvalue weighted by molar-refractivity contribution is 6.30. The average Bonchev–Trinajstić information content (AvgIpc) is 2.71. The lowest BCUT2D eigenvalue weighted by atomic mass is 10.1. The zero-order chi connectivity index (χ0) is 16.3. The summed E-state index contributed by atoms with van der Waals surface area (Å²) < 4.78 is 0. The van der Waals surface area contributed by atoms with Gasteiger partial charge in [-0.15, -0.1) is 12.4 Å². The number of rotatable bonds is 2. The fraction of sp³-hybridized carbons (Fsp3) is 0.500. The summed E-state index contributed by atoms with van der Waals surface area (Å²) in [6.07, 6.45) is 0.751. The van der Waals surface area contributed by atoms with E-state index in [1.807, 2.05) is 0 Å². The van der Waals surface area contributed by atoms with Crippen molar-refractivity contribution in [1.82, 2.24) is 9.80 Å². The molecule has 2 rings (SSSR count). The summed E-state index contributed by atoms with van der Waals surface area (Å²) in [6.45, 7) is 5.70. The van der Waals surface area contributed by atoms with Crippen LogP contribution in [0.1, 0.15) is 30.6 Å². The van der Waals surface area contributed by atoms with Gasteiger partial charge in [0.15, 0.2) is 0 Å². The maximum Gasteiger partial charge on any atom is 0.253 e. The minimum absolute atomic E-state index is 0. The third-order valence-corrected chi connectivity index (χ3v) is 3.96. The molecule has 0 saturated carbocycles. The van der Waals surface area contributed by atoms with Gasteiger partial charge in [0, 0.05) is 36.8 Å². The van der Waals surface area contributed by atoms with Crippen LogP contribution in [-0.4, -0.2) is 53.3 Å². The number of nitrogens with zero attached hydrogens (tertiary/aromatic N) is 2. The molecule has 0 aromatic heterocycles. The van der Waals surface area contributed by atoms with Gasteiger partial charge in [0.05, 0.1) is 5.54 Å². The second-order valence-corrected chi connectivity index (χ2v) is 6.60. The Morgan fingerprint density at radius 2 is 1.57 bits per heavy atom. The Morgan fingerprint density at radius 1 is 1.04 bits per heavy atom. The van der Waals surface area contributed by atoms with Gasteiger partial charge in [-0.3, -0.25) is 9.59 Å². The number of amides is 2. The SMILES string of the molecule is CC(C)(N)C(=O)N1CCCN(C(=O)c2ccc(Cl)cc2)CC1.Cl. The molecule has 1 aliphatic heterocycles. The van der Waals surface area contributed by atoms with Crippen LogP contribution in [0.15, 0.2) is 24.3 Å². The van der Waals surface area contributed by atoms with Crippen molar-refractivity contribution in [2.24, 2.45) is 5.73 Å². The van der Waals surface area contributed by atoms with Crippen molar-refractivity contribution in [2.75, 3.05) is 26.2 Å². The average molecular weight is 360 g/mol. The van der Waals surface area contributed by atoms with E-state index in [1.54, 1.807) is 47.9 Å². The highest BCUT2D eigenvalue weighted by Crippen LogP contribution is 2.14. The fourth-order valence-corrected chi connectivity index (χ4v) is 2.63. The minimum atomic E-state index is -0.880. The second-order valence-electron chi connectivity index (χ2n) is 6.17. The Kier molecular flexibility index (Phi) is 6.86. The molecule has 2 amide bonds. The molecule has 1 aromatic rings. The molecule has 0 spiro atoms. The van der Waals surface area contributed by atoms with Crippen molar-refractivity contribution in [1.29, 1.82) is 0 Å². The Morgan fingerprint density at radius 3 is 2.13 bits per heavy atom. The van der Waals surface area contributed by atoms with Crippen LogP contribution >= 0.6 is 24.0 Å². The van der Waals surface area contributed by atoms with E-state index < -0.39 is 5.54 Å². The van der Waals surface area contributed by atoms with E-state index in [9.17, 15) is 9.59 Å². The summed E-state index contributed by atoms with van der Waals surface area (Å²) in [5.41, 5.74) is 5.61. The zero-order valence-corrected chi connectivity index (χ0v) is 15.0. The maximum atomic E-state index is 12.5. The molecular formula is C16H23Cl2N3O2. The quantitative estimate of drug-likeness (QED) is 0.879. The van der Waals surface area contributed by atoms with Crippen molar-refractivity contribution >= 4 is 35.8 Å². The Balaban J connectivity index is 0.00000264. The lowest BCUT2D eigenvalue weighted by molar-refractivity contribution is -0.135. The predicted molar refractivity (Wildman–Crippen MR) is 94.1 cm³/mol. The van der Waals surface area contributed by atoms with Crippen LogP contribution in [0.5, 0.6) is 0 Å². The van der Waals surface area contributed by atoms with Crippen LogP contribution in [-0.2, 0) is 4.79 Å². The van der Waals surface area contributed by atoms with Gasteiger partial charge in [0.2, 0.25) is 5.91 Å². The van der Waals surface area contributed by atoms with E-state index in [4.69, 9.17) is 17.3 Å². The third kappa shape index (κ3) is 5.09. The normalized spacial score (nSPS) is 15.7. The van der Waals surface area contributed by atoms with Crippen LogP contribution < -0.4 is 5.73 Å². The summed E-state index contributed by atoms with van der Waals surface area (Å²) >= 11 is 5.84. The van der Waals surface area contributed by atoms with E-state index in [0.29, 0.717) is 36.8 Å². The van der Waals surface area contributed by atoms with Crippen LogP contribution in [0.2, 0.25) is 5.02 Å². The summed E-state index contributed by atoms with van der Waals surface area (Å²) in [5.74, 6) is -0.105. The first kappa shape index (κ1) is 19.7. The number of hydrogen-bond donors (Lipinski definition) is 1. The van der Waals surface area contributed by atoms with Crippen molar-refractivity contribution < 1.29 is 9.59 Å². The topological polar surface area (TPSA) is 66.6 Å². The molecule has 0 atom stereocenters. The molecule has 1 saturated heterocycles. The van der Waals surface area contributed by atoms with Crippen LogP contribution in [0.25, 0.3) is 0 Å². The number of carbonyl (C=O) groups is 2. The monoisotopic (exact) mass is 359 g/mol. The highest BCUT2D eigenvalue weighted by atomic mass is 35.5. The number of halogens is 2. The van der Waals surface area contributed by atoms with E-state index in [0.717, 1.165) is 6.42 Å². The molecule has 1 aliphatic rings. The first-order chi connectivity index (χ1) is 10.3. The summed E-state index contributed by atoms with van der Waals surface area (Å²) in [4.78, 5) is 28.3. The van der Waals surface area contributed by atoms with Crippen molar-refractivity contribution in [3.63, 3.8) is 0 Å². The first-order valence-electron chi connectivity index (χ1n) is 7.42. The number of hydrogen-bond acceptors (Lipinski definition) is 3. The van der Waals surface area contributed by atoms with E-state index in [2.05, 4.69) is 0 Å². The third-order valence-electron chi connectivity index (χ3n) is 3.71. The molecule has 5 nitrogen and oxygen atoms in total. The zero-order valence-electron chi connectivity index (χ0n) is 13.4. The molecule has 0 bridgehead atoms. The largest absolute Gasteiger partial charge is 0.339 e. The van der Waals surface area contributed by atoms with Gasteiger partial charge in [0.25, 0.3) is 5.91 Å². The van der Waals surface area contributed by atoms with Crippen molar-refractivity contribution in [3.8, 4) is 0 Å². The molecule has 128 valence electrons. The Labute approximate surface area is 148 Å². The maximum absolute atomic E-state index is 12.5. The highest BCUT2D eigenvalue weighted by Gasteiger charge is 2.30. The first-order valence-corrected chi connectivity index (χ1v) is 7.80. The summed E-state index contributed by atoms with van der Waals surface area (Å²) in [5, 5.41) is 0.606. The molecule has 1 aromatic carbocycles. The summed E-state index contributed by atoms with van der Waals surface area (Å²) in [6, 6.07) is 6.86. The molecule has 0 radical (unpaired) electrons. The molecule has 1 fully saturated rings. The van der Waals surface area contributed by atoms with Crippen molar-refractivity contribution in [3.05, 3.63) is 34.9 Å². The standard InChI is InChI=1S/C16H22ClN3O2.ClH/c1-16(2,18)15(22)20-9-3-8-19(10-11-20)14(21)12-4-6-13(17)7-5-12;/h4-7H,3,8-11,18H2,1-2H3;1H. The molecular weight excluding hydrogens is 337 g/mol. The predicted octanol–water partition coefficient (Wildman–Crippen LogP) is 2.17. The molecule has 7 heteroatoms. The van der Waals surface area contributed by atoms with Crippen LogP contribution in [0.4, 0.5) is 0 Å². The smallest absolute Gasteiger partial charge is 0.253 e. The Bertz CT molecular complexity index is 555. The lowest BCUT2D eigenvalue weighted by Crippen LogP contribution is -2.52.